The van der Waals surface area contributed by atoms with Crippen LogP contribution in [-0.4, -0.2) is 16.7 Å². The number of hydrogen-bond donors (Lipinski definition) is 0. The Balaban J connectivity index is 2.02. The summed E-state index contributed by atoms with van der Waals surface area (Å²) >= 11 is 6.21. The number of aromatic nitrogens is 2. The quantitative estimate of drug-likeness (QED) is 0.726. The highest BCUT2D eigenvalue weighted by atomic mass is 35.5. The molecule has 4 heteroatoms. The van der Waals surface area contributed by atoms with E-state index < -0.39 is 0 Å². The summed E-state index contributed by atoms with van der Waals surface area (Å²) in [6, 6.07) is 15.9. The lowest BCUT2D eigenvalue weighted by atomic mass is 10.2. The van der Waals surface area contributed by atoms with Crippen LogP contribution in [-0.2, 0) is 6.54 Å². The Morgan fingerprint density at radius 3 is 2.84 bits per heavy atom. The molecule has 0 radical (unpaired) electrons. The zero-order chi connectivity index (χ0) is 13.2. The standard InChI is InChI=1S/C15H13ClN2O/c1-19-12-6-4-5-11(9-12)10-18-14-8-3-2-7-13(14)17-15(18)16/h2-9H,10H2,1H3. The summed E-state index contributed by atoms with van der Waals surface area (Å²) in [6.45, 7) is 0.677. The van der Waals surface area contributed by atoms with Gasteiger partial charge >= 0.3 is 0 Å². The van der Waals surface area contributed by atoms with Gasteiger partial charge in [-0.2, -0.15) is 0 Å². The summed E-state index contributed by atoms with van der Waals surface area (Å²) in [5, 5.41) is 0.504. The Morgan fingerprint density at radius 1 is 1.16 bits per heavy atom. The molecule has 0 amide bonds. The first-order valence-electron chi connectivity index (χ1n) is 6.01. The number of halogens is 1. The lowest BCUT2D eigenvalue weighted by Gasteiger charge is -2.07. The second-order valence-electron chi connectivity index (χ2n) is 4.31. The molecule has 3 aromatic rings. The minimum atomic E-state index is 0.504. The van der Waals surface area contributed by atoms with Crippen molar-refractivity contribution in [3.63, 3.8) is 0 Å². The Bertz CT molecular complexity index is 721. The molecule has 19 heavy (non-hydrogen) atoms. The van der Waals surface area contributed by atoms with Crippen molar-refractivity contribution >= 4 is 22.6 Å². The second-order valence-corrected chi connectivity index (χ2v) is 4.65. The highest BCUT2D eigenvalue weighted by molar-refractivity contribution is 6.29. The fraction of sp³-hybridized carbons (Fsp3) is 0.133. The average molecular weight is 273 g/mol. The number of hydrogen-bond acceptors (Lipinski definition) is 2. The molecule has 1 heterocycles. The molecule has 3 nitrogen and oxygen atoms in total. The van der Waals surface area contributed by atoms with Gasteiger partial charge in [-0.1, -0.05) is 24.3 Å². The summed E-state index contributed by atoms with van der Waals surface area (Å²) in [5.74, 6) is 0.845. The van der Waals surface area contributed by atoms with E-state index >= 15 is 0 Å². The molecule has 0 saturated carbocycles. The third-order valence-corrected chi connectivity index (χ3v) is 3.37. The number of ether oxygens (including phenoxy) is 1. The van der Waals surface area contributed by atoms with Crippen molar-refractivity contribution in [1.82, 2.24) is 9.55 Å². The molecular weight excluding hydrogens is 260 g/mol. The van der Waals surface area contributed by atoms with Crippen LogP contribution in [0.5, 0.6) is 5.75 Å². The number of rotatable bonds is 3. The van der Waals surface area contributed by atoms with Gasteiger partial charge in [0, 0.05) is 0 Å². The van der Waals surface area contributed by atoms with Gasteiger partial charge in [0.05, 0.1) is 24.7 Å². The maximum atomic E-state index is 6.21. The summed E-state index contributed by atoms with van der Waals surface area (Å²) in [5.41, 5.74) is 3.08. The Morgan fingerprint density at radius 2 is 2.00 bits per heavy atom. The first-order valence-corrected chi connectivity index (χ1v) is 6.39. The van der Waals surface area contributed by atoms with Crippen LogP contribution >= 0.6 is 11.6 Å². The number of fused-ring (bicyclic) bond motifs is 1. The predicted octanol–water partition coefficient (Wildman–Crippen LogP) is 3.75. The first kappa shape index (κ1) is 12.1. The Hall–Kier alpha value is -2.00. The molecule has 0 spiro atoms. The summed E-state index contributed by atoms with van der Waals surface area (Å²) < 4.78 is 7.23. The smallest absolute Gasteiger partial charge is 0.204 e. The lowest BCUT2D eigenvalue weighted by Crippen LogP contribution is -2.00. The Kier molecular flexibility index (Phi) is 3.13. The maximum Gasteiger partial charge on any atom is 0.204 e. The largest absolute Gasteiger partial charge is 0.497 e. The van der Waals surface area contributed by atoms with E-state index in [1.807, 2.05) is 53.1 Å². The van der Waals surface area contributed by atoms with Crippen LogP contribution in [0.2, 0.25) is 5.28 Å². The van der Waals surface area contributed by atoms with Gasteiger partial charge in [0.1, 0.15) is 5.75 Å². The van der Waals surface area contributed by atoms with Crippen molar-refractivity contribution in [3.8, 4) is 5.75 Å². The van der Waals surface area contributed by atoms with Crippen LogP contribution in [0.1, 0.15) is 5.56 Å². The zero-order valence-corrected chi connectivity index (χ0v) is 11.3. The van der Waals surface area contributed by atoms with Gasteiger partial charge in [0.2, 0.25) is 5.28 Å². The molecule has 1 aromatic heterocycles. The summed E-state index contributed by atoms with van der Waals surface area (Å²) in [7, 11) is 1.67. The third kappa shape index (κ3) is 2.29. The van der Waals surface area contributed by atoms with Crippen LogP contribution in [0.3, 0.4) is 0 Å². The van der Waals surface area contributed by atoms with Crippen molar-refractivity contribution in [2.45, 2.75) is 6.54 Å². The van der Waals surface area contributed by atoms with Crippen LogP contribution in [0.4, 0.5) is 0 Å². The highest BCUT2D eigenvalue weighted by Crippen LogP contribution is 2.22. The SMILES string of the molecule is COc1cccc(Cn2c(Cl)nc3ccccc32)c1. The van der Waals surface area contributed by atoms with Gasteiger partial charge in [0.15, 0.2) is 0 Å². The molecule has 0 aliphatic heterocycles. The van der Waals surface area contributed by atoms with Crippen molar-refractivity contribution in [3.05, 3.63) is 59.4 Å². The van der Waals surface area contributed by atoms with Crippen molar-refractivity contribution in [1.29, 1.82) is 0 Å². The fourth-order valence-corrected chi connectivity index (χ4v) is 2.39. The highest BCUT2D eigenvalue weighted by Gasteiger charge is 2.08. The van der Waals surface area contributed by atoms with Gasteiger partial charge in [-0.25, -0.2) is 4.98 Å². The molecule has 0 fully saturated rings. The molecule has 0 atom stereocenters. The van der Waals surface area contributed by atoms with Crippen LogP contribution < -0.4 is 4.74 Å². The molecule has 2 aromatic carbocycles. The number of imidazole rings is 1. The second kappa shape index (κ2) is 4.94. The molecule has 0 aliphatic carbocycles. The topological polar surface area (TPSA) is 27.1 Å². The number of para-hydroxylation sites is 2. The number of methoxy groups -OCH3 is 1. The summed E-state index contributed by atoms with van der Waals surface area (Å²) in [6.07, 6.45) is 0. The molecule has 0 saturated heterocycles. The summed E-state index contributed by atoms with van der Waals surface area (Å²) in [4.78, 5) is 4.35. The van der Waals surface area contributed by atoms with E-state index in [4.69, 9.17) is 16.3 Å². The van der Waals surface area contributed by atoms with Crippen LogP contribution in [0.15, 0.2) is 48.5 Å². The number of benzene rings is 2. The third-order valence-electron chi connectivity index (χ3n) is 3.08. The van der Waals surface area contributed by atoms with E-state index in [1.165, 1.54) is 0 Å². The van der Waals surface area contributed by atoms with Crippen molar-refractivity contribution < 1.29 is 4.74 Å². The van der Waals surface area contributed by atoms with Crippen molar-refractivity contribution in [2.24, 2.45) is 0 Å². The van der Waals surface area contributed by atoms with E-state index in [0.29, 0.717) is 11.8 Å². The zero-order valence-electron chi connectivity index (χ0n) is 10.5. The van der Waals surface area contributed by atoms with Gasteiger partial charge in [-0.15, -0.1) is 0 Å². The van der Waals surface area contributed by atoms with E-state index in [1.54, 1.807) is 7.11 Å². The van der Waals surface area contributed by atoms with E-state index in [2.05, 4.69) is 4.98 Å². The van der Waals surface area contributed by atoms with Crippen LogP contribution in [0, 0.1) is 0 Å². The molecule has 0 N–H and O–H groups in total. The Labute approximate surface area is 116 Å². The molecule has 3 rings (SSSR count). The first-order chi connectivity index (χ1) is 9.28. The van der Waals surface area contributed by atoms with E-state index in [0.717, 1.165) is 22.3 Å². The average Bonchev–Trinajstić information content (AvgIpc) is 2.76. The van der Waals surface area contributed by atoms with Crippen molar-refractivity contribution in [2.75, 3.05) is 7.11 Å². The monoisotopic (exact) mass is 272 g/mol. The van der Waals surface area contributed by atoms with Gasteiger partial charge in [-0.05, 0) is 41.4 Å². The minimum Gasteiger partial charge on any atom is -0.497 e. The predicted molar refractivity (Wildman–Crippen MR) is 76.8 cm³/mol. The molecule has 0 bridgehead atoms. The fourth-order valence-electron chi connectivity index (χ4n) is 2.15. The lowest BCUT2D eigenvalue weighted by molar-refractivity contribution is 0.414. The number of nitrogens with zero attached hydrogens (tertiary/aromatic N) is 2. The normalized spacial score (nSPS) is 10.8. The molecule has 96 valence electrons. The molecule has 0 aliphatic rings. The van der Waals surface area contributed by atoms with Gasteiger partial charge in [0.25, 0.3) is 0 Å². The molecular formula is C15H13ClN2O. The van der Waals surface area contributed by atoms with Crippen LogP contribution in [0.25, 0.3) is 11.0 Å². The van der Waals surface area contributed by atoms with Gasteiger partial charge in [-0.3, -0.25) is 0 Å². The molecule has 0 unspecified atom stereocenters. The van der Waals surface area contributed by atoms with Gasteiger partial charge < -0.3 is 9.30 Å². The minimum absolute atomic E-state index is 0.504. The van der Waals surface area contributed by atoms with E-state index in [-0.39, 0.29) is 0 Å². The maximum absolute atomic E-state index is 6.21. The van der Waals surface area contributed by atoms with E-state index in [9.17, 15) is 0 Å².